The minimum Gasteiger partial charge on any atom is -0.468 e. The highest BCUT2D eigenvalue weighted by Gasteiger charge is 2.25. The summed E-state index contributed by atoms with van der Waals surface area (Å²) < 4.78 is 5.74. The number of hydrogen-bond acceptors (Lipinski definition) is 4. The van der Waals surface area contributed by atoms with E-state index >= 15 is 0 Å². The second kappa shape index (κ2) is 13.8. The fourth-order valence-corrected chi connectivity index (χ4v) is 3.90. The van der Waals surface area contributed by atoms with Gasteiger partial charge in [0.25, 0.3) is 0 Å². The van der Waals surface area contributed by atoms with Crippen LogP contribution in [0, 0.1) is 0 Å². The van der Waals surface area contributed by atoms with Crippen molar-refractivity contribution >= 4 is 29.9 Å². The van der Waals surface area contributed by atoms with E-state index in [1.807, 2.05) is 6.07 Å². The maximum atomic E-state index is 5.74. The maximum absolute atomic E-state index is 5.74. The molecule has 0 bridgehead atoms. The zero-order valence-electron chi connectivity index (χ0n) is 19.1. The number of hydrogen-bond donors (Lipinski definition) is 2. The first kappa shape index (κ1) is 25.7. The smallest absolute Gasteiger partial charge is 0.191 e. The van der Waals surface area contributed by atoms with Crippen LogP contribution in [0.5, 0.6) is 0 Å². The zero-order chi connectivity index (χ0) is 21.2. The highest BCUT2D eigenvalue weighted by molar-refractivity contribution is 14.0. The number of halogens is 1. The highest BCUT2D eigenvalue weighted by atomic mass is 127. The van der Waals surface area contributed by atoms with Gasteiger partial charge in [-0.15, -0.1) is 24.0 Å². The minimum atomic E-state index is 0. The molecule has 1 aliphatic heterocycles. The molecule has 1 aromatic carbocycles. The lowest BCUT2D eigenvalue weighted by atomic mass is 10.1. The van der Waals surface area contributed by atoms with Crippen LogP contribution in [-0.2, 0) is 13.1 Å². The van der Waals surface area contributed by atoms with Crippen LogP contribution in [0.25, 0.3) is 0 Å². The predicted octanol–water partition coefficient (Wildman–Crippen LogP) is 4.24. The number of benzene rings is 1. The van der Waals surface area contributed by atoms with Crippen LogP contribution in [0.15, 0.2) is 52.1 Å². The van der Waals surface area contributed by atoms with Crippen molar-refractivity contribution in [3.63, 3.8) is 0 Å². The van der Waals surface area contributed by atoms with Gasteiger partial charge in [-0.2, -0.15) is 0 Å². The summed E-state index contributed by atoms with van der Waals surface area (Å²) in [6, 6.07) is 13.0. The van der Waals surface area contributed by atoms with Gasteiger partial charge in [0, 0.05) is 19.6 Å². The van der Waals surface area contributed by atoms with Crippen molar-refractivity contribution < 1.29 is 4.42 Å². The molecule has 1 aromatic heterocycles. The van der Waals surface area contributed by atoms with E-state index in [4.69, 9.17) is 9.41 Å². The third kappa shape index (κ3) is 8.12. The Kier molecular flexibility index (Phi) is 11.4. The largest absolute Gasteiger partial charge is 0.468 e. The van der Waals surface area contributed by atoms with Crippen LogP contribution in [0.2, 0.25) is 0 Å². The van der Waals surface area contributed by atoms with Crippen molar-refractivity contribution in [1.82, 2.24) is 20.4 Å². The number of rotatable bonds is 10. The van der Waals surface area contributed by atoms with Gasteiger partial charge in [0.05, 0.1) is 18.8 Å². The van der Waals surface area contributed by atoms with Crippen LogP contribution in [-0.4, -0.2) is 55.5 Å². The molecule has 0 aliphatic carbocycles. The molecule has 0 amide bonds. The van der Waals surface area contributed by atoms with Crippen LogP contribution >= 0.6 is 24.0 Å². The summed E-state index contributed by atoms with van der Waals surface area (Å²) in [5, 5.41) is 6.92. The van der Waals surface area contributed by atoms with Gasteiger partial charge in [-0.1, -0.05) is 31.2 Å². The average molecular weight is 540 g/mol. The van der Waals surface area contributed by atoms with Gasteiger partial charge in [-0.25, -0.2) is 4.99 Å². The van der Waals surface area contributed by atoms with Crippen LogP contribution < -0.4 is 10.6 Å². The quantitative estimate of drug-likeness (QED) is 0.269. The van der Waals surface area contributed by atoms with Crippen LogP contribution in [0.1, 0.15) is 49.6 Å². The van der Waals surface area contributed by atoms with Gasteiger partial charge in [0.2, 0.25) is 0 Å². The standard InChI is InChI=1S/C24H37N5O.HI/c1-4-25-24(26-17-20-10-8-11-21(16-20)19-28(3)5-2)27-18-22(23-12-9-15-30-23)29-13-6-7-14-29;/h8-12,15-16,22H,4-7,13-14,17-19H2,1-3H3,(H2,25,26,27);1H. The van der Waals surface area contributed by atoms with E-state index in [1.54, 1.807) is 6.26 Å². The van der Waals surface area contributed by atoms with Crippen molar-refractivity contribution in [2.45, 2.75) is 45.8 Å². The minimum absolute atomic E-state index is 0. The van der Waals surface area contributed by atoms with Gasteiger partial charge in [-0.3, -0.25) is 4.90 Å². The number of furan rings is 1. The first-order chi connectivity index (χ1) is 14.7. The van der Waals surface area contributed by atoms with Crippen molar-refractivity contribution in [3.8, 4) is 0 Å². The molecule has 6 nitrogen and oxygen atoms in total. The molecule has 1 atom stereocenters. The molecule has 172 valence electrons. The lowest BCUT2D eigenvalue weighted by molar-refractivity contribution is 0.215. The van der Waals surface area contributed by atoms with E-state index in [0.29, 0.717) is 6.54 Å². The summed E-state index contributed by atoms with van der Waals surface area (Å²) >= 11 is 0. The van der Waals surface area contributed by atoms with Gasteiger partial charge in [0.15, 0.2) is 5.96 Å². The third-order valence-corrected chi connectivity index (χ3v) is 5.66. The average Bonchev–Trinajstić information content (AvgIpc) is 3.47. The normalized spacial score (nSPS) is 15.7. The number of likely N-dealkylation sites (tertiary alicyclic amines) is 1. The summed E-state index contributed by atoms with van der Waals surface area (Å²) in [6.45, 7) is 10.8. The second-order valence-corrected chi connectivity index (χ2v) is 8.00. The number of guanidine groups is 1. The number of nitrogens with one attached hydrogen (secondary N) is 2. The van der Waals surface area contributed by atoms with Crippen molar-refractivity contribution in [2.24, 2.45) is 4.99 Å². The summed E-state index contributed by atoms with van der Waals surface area (Å²) in [5.74, 6) is 1.87. The Hall–Kier alpha value is -1.58. The molecular weight excluding hydrogens is 501 g/mol. The van der Waals surface area contributed by atoms with Crippen molar-refractivity contribution in [2.75, 3.05) is 39.8 Å². The van der Waals surface area contributed by atoms with E-state index in [2.05, 4.69) is 71.7 Å². The van der Waals surface area contributed by atoms with E-state index < -0.39 is 0 Å². The zero-order valence-corrected chi connectivity index (χ0v) is 21.5. The molecule has 2 aromatic rings. The Bertz CT molecular complexity index is 774. The first-order valence-corrected chi connectivity index (χ1v) is 11.3. The third-order valence-electron chi connectivity index (χ3n) is 5.66. The topological polar surface area (TPSA) is 56.0 Å². The molecule has 1 saturated heterocycles. The summed E-state index contributed by atoms with van der Waals surface area (Å²) in [4.78, 5) is 9.65. The molecule has 1 aliphatic rings. The van der Waals surface area contributed by atoms with E-state index in [9.17, 15) is 0 Å². The first-order valence-electron chi connectivity index (χ1n) is 11.3. The SMILES string of the molecule is CCNC(=NCc1cccc(CN(C)CC)c1)NCC(c1ccco1)N1CCCC1.I. The summed E-state index contributed by atoms with van der Waals surface area (Å²) in [7, 11) is 2.15. The second-order valence-electron chi connectivity index (χ2n) is 8.00. The Balaban J connectivity index is 0.00000341. The Labute approximate surface area is 204 Å². The number of aliphatic imine (C=N–C) groups is 1. The predicted molar refractivity (Wildman–Crippen MR) is 139 cm³/mol. The van der Waals surface area contributed by atoms with E-state index in [1.165, 1.54) is 24.0 Å². The lowest BCUT2D eigenvalue weighted by Gasteiger charge is -2.26. The van der Waals surface area contributed by atoms with Gasteiger partial charge < -0.3 is 20.0 Å². The van der Waals surface area contributed by atoms with Crippen molar-refractivity contribution in [1.29, 1.82) is 0 Å². The molecule has 0 saturated carbocycles. The molecular formula is C24H38IN5O. The molecule has 0 radical (unpaired) electrons. The molecule has 2 N–H and O–H groups in total. The summed E-state index contributed by atoms with van der Waals surface area (Å²) in [5.41, 5.74) is 2.56. The lowest BCUT2D eigenvalue weighted by Crippen LogP contribution is -2.42. The van der Waals surface area contributed by atoms with Gasteiger partial charge >= 0.3 is 0 Å². The molecule has 3 rings (SSSR count). The molecule has 1 unspecified atom stereocenters. The molecule has 7 heteroatoms. The van der Waals surface area contributed by atoms with E-state index in [-0.39, 0.29) is 30.0 Å². The van der Waals surface area contributed by atoms with Gasteiger partial charge in [-0.05, 0) is 69.7 Å². The Morgan fingerprint density at radius 2 is 1.90 bits per heavy atom. The molecule has 1 fully saturated rings. The fourth-order valence-electron chi connectivity index (χ4n) is 3.90. The number of nitrogens with zero attached hydrogens (tertiary/aromatic N) is 3. The Morgan fingerprint density at radius 3 is 2.58 bits per heavy atom. The summed E-state index contributed by atoms with van der Waals surface area (Å²) in [6.07, 6.45) is 4.28. The van der Waals surface area contributed by atoms with Crippen LogP contribution in [0.4, 0.5) is 0 Å². The van der Waals surface area contributed by atoms with Gasteiger partial charge in [0.1, 0.15) is 5.76 Å². The van der Waals surface area contributed by atoms with Crippen molar-refractivity contribution in [3.05, 3.63) is 59.5 Å². The fraction of sp³-hybridized carbons (Fsp3) is 0.542. The van der Waals surface area contributed by atoms with Crippen LogP contribution in [0.3, 0.4) is 0 Å². The molecule has 31 heavy (non-hydrogen) atoms. The van der Waals surface area contributed by atoms with E-state index in [0.717, 1.165) is 51.0 Å². The Morgan fingerprint density at radius 1 is 1.13 bits per heavy atom. The highest BCUT2D eigenvalue weighted by Crippen LogP contribution is 2.24. The maximum Gasteiger partial charge on any atom is 0.191 e. The molecule has 2 heterocycles. The monoisotopic (exact) mass is 539 g/mol. The molecule has 0 spiro atoms.